The second-order valence-corrected chi connectivity index (χ2v) is 7.61. The van der Waals surface area contributed by atoms with E-state index in [-0.39, 0.29) is 30.2 Å². The number of hydrogen-bond donors (Lipinski definition) is 1. The molecule has 1 unspecified atom stereocenters. The highest BCUT2D eigenvalue weighted by Gasteiger charge is 2.16. The Morgan fingerprint density at radius 3 is 2.47 bits per heavy atom. The molecule has 0 aliphatic carbocycles. The minimum Gasteiger partial charge on any atom is -0.456 e. The Bertz CT molecular complexity index is 1250. The van der Waals surface area contributed by atoms with Crippen molar-refractivity contribution in [2.45, 2.75) is 39.3 Å². The van der Waals surface area contributed by atoms with E-state index in [2.05, 4.69) is 17.2 Å². The minimum absolute atomic E-state index is 0.0568. The van der Waals surface area contributed by atoms with Crippen molar-refractivity contribution in [3.63, 3.8) is 0 Å². The van der Waals surface area contributed by atoms with Gasteiger partial charge in [0.2, 0.25) is 0 Å². The number of hydrogen-bond acceptors (Lipinski definition) is 6. The van der Waals surface area contributed by atoms with E-state index in [0.29, 0.717) is 0 Å². The van der Waals surface area contributed by atoms with E-state index in [1.165, 1.54) is 35.1 Å². The second-order valence-electron chi connectivity index (χ2n) is 7.61. The summed E-state index contributed by atoms with van der Waals surface area (Å²) in [7, 11) is 2.90. The normalized spacial score (nSPS) is 12.0. The number of aryl methyl sites for hydroxylation is 3. The molecular formula is C22H27N5O5. The summed E-state index contributed by atoms with van der Waals surface area (Å²) in [6.07, 6.45) is 2.29. The van der Waals surface area contributed by atoms with Crippen LogP contribution >= 0.6 is 0 Å². The molecule has 1 amide bonds. The van der Waals surface area contributed by atoms with Crippen LogP contribution in [-0.2, 0) is 41.4 Å². The number of carbonyl (C=O) groups is 2. The topological polar surface area (TPSA) is 117 Å². The van der Waals surface area contributed by atoms with E-state index in [4.69, 9.17) is 4.74 Å². The van der Waals surface area contributed by atoms with Crippen LogP contribution in [0.3, 0.4) is 0 Å². The molecule has 0 radical (unpaired) electrons. The van der Waals surface area contributed by atoms with Crippen LogP contribution in [0.25, 0.3) is 11.2 Å². The molecule has 2 heterocycles. The van der Waals surface area contributed by atoms with Gasteiger partial charge in [-0.2, -0.15) is 0 Å². The molecule has 0 saturated heterocycles. The van der Waals surface area contributed by atoms with Crippen molar-refractivity contribution in [3.05, 3.63) is 62.6 Å². The molecule has 10 nitrogen and oxygen atoms in total. The fourth-order valence-corrected chi connectivity index (χ4v) is 3.40. The van der Waals surface area contributed by atoms with Crippen molar-refractivity contribution >= 4 is 23.0 Å². The van der Waals surface area contributed by atoms with E-state index in [1.54, 1.807) is 0 Å². The third-order valence-electron chi connectivity index (χ3n) is 5.40. The SMILES string of the molecule is CCc1ccc(C(C)NC(=O)COC(=O)CCn2cnc3c2c(=O)n(C)c(=O)n3C)cc1. The Morgan fingerprint density at radius 1 is 1.12 bits per heavy atom. The number of nitrogens with zero attached hydrogens (tertiary/aromatic N) is 4. The van der Waals surface area contributed by atoms with Gasteiger partial charge in [-0.1, -0.05) is 31.2 Å². The average molecular weight is 441 g/mol. The Hall–Kier alpha value is -3.69. The van der Waals surface area contributed by atoms with Crippen LogP contribution < -0.4 is 16.6 Å². The van der Waals surface area contributed by atoms with Crippen molar-refractivity contribution in [2.75, 3.05) is 6.61 Å². The summed E-state index contributed by atoms with van der Waals surface area (Å²) in [5.41, 5.74) is 1.68. The van der Waals surface area contributed by atoms with E-state index in [1.807, 2.05) is 31.2 Å². The van der Waals surface area contributed by atoms with Gasteiger partial charge in [0.05, 0.1) is 18.8 Å². The summed E-state index contributed by atoms with van der Waals surface area (Å²) < 4.78 is 8.82. The van der Waals surface area contributed by atoms with Gasteiger partial charge in [0.15, 0.2) is 17.8 Å². The molecule has 1 atom stereocenters. The second kappa shape index (κ2) is 9.63. The lowest BCUT2D eigenvalue weighted by Gasteiger charge is -2.15. The van der Waals surface area contributed by atoms with Gasteiger partial charge in [0.1, 0.15) is 0 Å². The fourth-order valence-electron chi connectivity index (χ4n) is 3.40. The molecule has 0 fully saturated rings. The summed E-state index contributed by atoms with van der Waals surface area (Å²) in [5, 5.41) is 2.80. The maximum Gasteiger partial charge on any atom is 0.332 e. The van der Waals surface area contributed by atoms with Crippen molar-refractivity contribution in [3.8, 4) is 0 Å². The zero-order chi connectivity index (χ0) is 23.4. The molecule has 32 heavy (non-hydrogen) atoms. The summed E-state index contributed by atoms with van der Waals surface area (Å²) >= 11 is 0. The van der Waals surface area contributed by atoms with Gasteiger partial charge < -0.3 is 14.6 Å². The predicted octanol–water partition coefficient (Wildman–Crippen LogP) is 0.807. The van der Waals surface area contributed by atoms with E-state index in [9.17, 15) is 19.2 Å². The molecular weight excluding hydrogens is 414 g/mol. The zero-order valence-electron chi connectivity index (χ0n) is 18.6. The van der Waals surface area contributed by atoms with Gasteiger partial charge in [0, 0.05) is 20.6 Å². The van der Waals surface area contributed by atoms with Crippen LogP contribution in [-0.4, -0.2) is 37.2 Å². The maximum absolute atomic E-state index is 12.4. The number of amides is 1. The molecule has 10 heteroatoms. The van der Waals surface area contributed by atoms with Crippen LogP contribution in [0.5, 0.6) is 0 Å². The lowest BCUT2D eigenvalue weighted by molar-refractivity contribution is -0.148. The monoisotopic (exact) mass is 441 g/mol. The molecule has 3 rings (SSSR count). The standard InChI is InChI=1S/C22H27N5O5/c1-5-15-6-8-16(9-7-15)14(2)24-17(28)12-32-18(29)10-11-27-13-23-20-19(27)21(30)26(4)22(31)25(20)3/h6-9,13-14H,5,10-12H2,1-4H3,(H,24,28). The first kappa shape index (κ1) is 23.0. The Kier molecular flexibility index (Phi) is 6.92. The number of esters is 1. The summed E-state index contributed by atoms with van der Waals surface area (Å²) in [4.78, 5) is 52.7. The quantitative estimate of drug-likeness (QED) is 0.517. The van der Waals surface area contributed by atoms with Crippen molar-refractivity contribution in [2.24, 2.45) is 14.1 Å². The number of fused-ring (bicyclic) bond motifs is 1. The molecule has 170 valence electrons. The number of imidazole rings is 1. The zero-order valence-corrected chi connectivity index (χ0v) is 18.6. The molecule has 0 spiro atoms. The van der Waals surface area contributed by atoms with Crippen molar-refractivity contribution < 1.29 is 14.3 Å². The molecule has 1 N–H and O–H groups in total. The minimum atomic E-state index is -0.580. The van der Waals surface area contributed by atoms with Gasteiger partial charge in [-0.15, -0.1) is 0 Å². The van der Waals surface area contributed by atoms with Gasteiger partial charge in [-0.25, -0.2) is 9.78 Å². The third kappa shape index (κ3) is 4.79. The first-order chi connectivity index (χ1) is 15.2. The highest BCUT2D eigenvalue weighted by atomic mass is 16.5. The van der Waals surface area contributed by atoms with Crippen molar-refractivity contribution in [1.29, 1.82) is 0 Å². The first-order valence-electron chi connectivity index (χ1n) is 10.4. The lowest BCUT2D eigenvalue weighted by atomic mass is 10.1. The molecule has 0 aliphatic heterocycles. The molecule has 2 aromatic heterocycles. The van der Waals surface area contributed by atoms with E-state index in [0.717, 1.165) is 16.6 Å². The van der Waals surface area contributed by atoms with Gasteiger partial charge in [-0.05, 0) is 24.5 Å². The summed E-state index contributed by atoms with van der Waals surface area (Å²) in [6.45, 7) is 3.67. The largest absolute Gasteiger partial charge is 0.456 e. The molecule has 1 aromatic carbocycles. The number of benzene rings is 1. The van der Waals surface area contributed by atoms with Crippen LogP contribution in [0.4, 0.5) is 0 Å². The predicted molar refractivity (Wildman–Crippen MR) is 118 cm³/mol. The lowest BCUT2D eigenvalue weighted by Crippen LogP contribution is -2.37. The van der Waals surface area contributed by atoms with Gasteiger partial charge >= 0.3 is 11.7 Å². The Labute approximate surface area is 184 Å². The van der Waals surface area contributed by atoms with Crippen molar-refractivity contribution in [1.82, 2.24) is 24.0 Å². The number of rotatable bonds is 8. The molecule has 0 aliphatic rings. The van der Waals surface area contributed by atoms with Crippen LogP contribution in [0, 0.1) is 0 Å². The number of carbonyl (C=O) groups excluding carboxylic acids is 2. The fraction of sp³-hybridized carbons (Fsp3) is 0.409. The summed E-state index contributed by atoms with van der Waals surface area (Å²) in [5.74, 6) is -0.981. The van der Waals surface area contributed by atoms with E-state index < -0.39 is 29.7 Å². The first-order valence-corrected chi connectivity index (χ1v) is 10.4. The molecule has 3 aromatic rings. The highest BCUT2D eigenvalue weighted by Crippen LogP contribution is 2.13. The smallest absolute Gasteiger partial charge is 0.332 e. The van der Waals surface area contributed by atoms with Gasteiger partial charge in [-0.3, -0.25) is 23.5 Å². The third-order valence-corrected chi connectivity index (χ3v) is 5.40. The molecule has 0 saturated carbocycles. The van der Waals surface area contributed by atoms with Gasteiger partial charge in [0.25, 0.3) is 11.5 Å². The van der Waals surface area contributed by atoms with Crippen LogP contribution in [0.2, 0.25) is 0 Å². The molecule has 0 bridgehead atoms. The Morgan fingerprint density at radius 2 is 1.81 bits per heavy atom. The van der Waals surface area contributed by atoms with Crippen LogP contribution in [0.15, 0.2) is 40.2 Å². The number of nitrogens with one attached hydrogen (secondary N) is 1. The number of ether oxygens (including phenoxy) is 1. The van der Waals surface area contributed by atoms with Crippen LogP contribution in [0.1, 0.15) is 37.4 Å². The average Bonchev–Trinajstić information content (AvgIpc) is 3.22. The Balaban J connectivity index is 1.53. The van der Waals surface area contributed by atoms with E-state index >= 15 is 0 Å². The number of aromatic nitrogens is 4. The maximum atomic E-state index is 12.4. The summed E-state index contributed by atoms with van der Waals surface area (Å²) in [6, 6.07) is 7.75. The highest BCUT2D eigenvalue weighted by molar-refractivity contribution is 5.81.